The van der Waals surface area contributed by atoms with E-state index in [1.165, 1.54) is 11.3 Å². The Morgan fingerprint density at radius 1 is 1.04 bits per heavy atom. The van der Waals surface area contributed by atoms with Gasteiger partial charge in [0.2, 0.25) is 5.91 Å². The lowest BCUT2D eigenvalue weighted by Gasteiger charge is -2.22. The van der Waals surface area contributed by atoms with Gasteiger partial charge in [-0.25, -0.2) is 0 Å². The van der Waals surface area contributed by atoms with E-state index >= 15 is 0 Å². The summed E-state index contributed by atoms with van der Waals surface area (Å²) >= 11 is 1.40. The Kier molecular flexibility index (Phi) is 4.48. The molecule has 1 aliphatic rings. The molecular weight excluding hydrogens is 308 g/mol. The Hall–Kier alpha value is -2.14. The lowest BCUT2D eigenvalue weighted by molar-refractivity contribution is -0.124. The summed E-state index contributed by atoms with van der Waals surface area (Å²) in [7, 11) is 0. The normalized spacial score (nSPS) is 16.0. The fraction of sp³-hybridized carbons (Fsp3) is 0.333. The fourth-order valence-corrected chi connectivity index (χ4v) is 3.56. The molecule has 1 heterocycles. The predicted octanol–water partition coefficient (Wildman–Crippen LogP) is 4.52. The zero-order valence-corrected chi connectivity index (χ0v) is 13.9. The second-order valence-electron chi connectivity index (χ2n) is 6.23. The minimum absolute atomic E-state index is 0.0664. The van der Waals surface area contributed by atoms with E-state index in [1.807, 2.05) is 36.6 Å². The van der Waals surface area contributed by atoms with E-state index in [4.69, 9.17) is 0 Å². The molecular formula is C18H20N2O2S. The summed E-state index contributed by atoms with van der Waals surface area (Å²) in [5, 5.41) is 7.71. The van der Waals surface area contributed by atoms with Gasteiger partial charge >= 0.3 is 0 Å². The summed E-state index contributed by atoms with van der Waals surface area (Å²) in [6.07, 6.45) is 4.10. The third kappa shape index (κ3) is 3.62. The molecule has 0 spiro atoms. The minimum atomic E-state index is -0.268. The SMILES string of the molecule is CC1(C(=O)Nc2cccc(NC(=O)c3cccs3)c2)CCCC1. The Balaban J connectivity index is 1.68. The highest BCUT2D eigenvalue weighted by molar-refractivity contribution is 7.12. The molecule has 23 heavy (non-hydrogen) atoms. The van der Waals surface area contributed by atoms with E-state index in [0.717, 1.165) is 25.7 Å². The molecule has 0 unspecified atom stereocenters. The lowest BCUT2D eigenvalue weighted by Crippen LogP contribution is -2.30. The van der Waals surface area contributed by atoms with Crippen molar-refractivity contribution in [2.24, 2.45) is 5.41 Å². The second kappa shape index (κ2) is 6.54. The molecule has 120 valence electrons. The Morgan fingerprint density at radius 3 is 2.39 bits per heavy atom. The highest BCUT2D eigenvalue weighted by Gasteiger charge is 2.36. The van der Waals surface area contributed by atoms with E-state index in [0.29, 0.717) is 16.3 Å². The van der Waals surface area contributed by atoms with Crippen molar-refractivity contribution in [3.8, 4) is 0 Å². The third-order valence-electron chi connectivity index (χ3n) is 4.38. The standard InChI is InChI=1S/C18H20N2O2S/c1-18(9-2-3-10-18)17(22)20-14-7-4-6-13(12-14)19-16(21)15-8-5-11-23-15/h4-8,11-12H,2-3,9-10H2,1H3,(H,19,21)(H,20,22). The van der Waals surface area contributed by atoms with Gasteiger partial charge in [0.1, 0.15) is 0 Å². The number of nitrogens with one attached hydrogen (secondary N) is 2. The first-order chi connectivity index (χ1) is 11.1. The Labute approximate surface area is 139 Å². The average molecular weight is 328 g/mol. The van der Waals surface area contributed by atoms with Gasteiger partial charge in [-0.05, 0) is 42.5 Å². The van der Waals surface area contributed by atoms with Crippen molar-refractivity contribution >= 4 is 34.5 Å². The van der Waals surface area contributed by atoms with Crippen LogP contribution in [0.4, 0.5) is 11.4 Å². The zero-order chi connectivity index (χ0) is 16.3. The fourth-order valence-electron chi connectivity index (χ4n) is 2.94. The molecule has 1 aliphatic carbocycles. The molecule has 1 aromatic carbocycles. The molecule has 1 aromatic heterocycles. The Morgan fingerprint density at radius 2 is 1.74 bits per heavy atom. The van der Waals surface area contributed by atoms with Gasteiger partial charge in [-0.1, -0.05) is 31.9 Å². The van der Waals surface area contributed by atoms with Crippen LogP contribution in [0.3, 0.4) is 0 Å². The van der Waals surface area contributed by atoms with E-state index in [2.05, 4.69) is 10.6 Å². The molecule has 0 atom stereocenters. The summed E-state index contributed by atoms with van der Waals surface area (Å²) < 4.78 is 0. The van der Waals surface area contributed by atoms with Gasteiger partial charge in [0.25, 0.3) is 5.91 Å². The van der Waals surface area contributed by atoms with Crippen LogP contribution >= 0.6 is 11.3 Å². The number of amides is 2. The molecule has 0 aliphatic heterocycles. The van der Waals surface area contributed by atoms with E-state index in [-0.39, 0.29) is 17.2 Å². The van der Waals surface area contributed by atoms with Gasteiger partial charge in [-0.15, -0.1) is 11.3 Å². The largest absolute Gasteiger partial charge is 0.326 e. The maximum Gasteiger partial charge on any atom is 0.265 e. The first kappa shape index (κ1) is 15.7. The maximum atomic E-state index is 12.5. The first-order valence-corrected chi connectivity index (χ1v) is 8.71. The molecule has 2 N–H and O–H groups in total. The van der Waals surface area contributed by atoms with Crippen LogP contribution in [-0.2, 0) is 4.79 Å². The van der Waals surface area contributed by atoms with Gasteiger partial charge in [-0.3, -0.25) is 9.59 Å². The summed E-state index contributed by atoms with van der Waals surface area (Å²) in [4.78, 5) is 25.2. The molecule has 1 saturated carbocycles. The molecule has 1 fully saturated rings. The number of hydrogen-bond acceptors (Lipinski definition) is 3. The molecule has 0 bridgehead atoms. The smallest absolute Gasteiger partial charge is 0.265 e. The van der Waals surface area contributed by atoms with E-state index in [9.17, 15) is 9.59 Å². The van der Waals surface area contributed by atoms with Gasteiger partial charge in [0.05, 0.1) is 4.88 Å². The highest BCUT2D eigenvalue weighted by Crippen LogP contribution is 2.38. The number of carbonyl (C=O) groups is 2. The predicted molar refractivity (Wildman–Crippen MR) is 93.9 cm³/mol. The molecule has 3 rings (SSSR count). The highest BCUT2D eigenvalue weighted by atomic mass is 32.1. The topological polar surface area (TPSA) is 58.2 Å². The second-order valence-corrected chi connectivity index (χ2v) is 7.18. The minimum Gasteiger partial charge on any atom is -0.326 e. The van der Waals surface area contributed by atoms with Crippen molar-refractivity contribution in [1.29, 1.82) is 0 Å². The van der Waals surface area contributed by atoms with Gasteiger partial charge in [0.15, 0.2) is 0 Å². The van der Waals surface area contributed by atoms with Crippen LogP contribution in [-0.4, -0.2) is 11.8 Å². The van der Waals surface area contributed by atoms with Crippen LogP contribution < -0.4 is 10.6 Å². The van der Waals surface area contributed by atoms with Crippen molar-refractivity contribution < 1.29 is 9.59 Å². The monoisotopic (exact) mass is 328 g/mol. The lowest BCUT2D eigenvalue weighted by atomic mass is 9.88. The van der Waals surface area contributed by atoms with E-state index < -0.39 is 0 Å². The van der Waals surface area contributed by atoms with Crippen LogP contribution in [0.15, 0.2) is 41.8 Å². The van der Waals surface area contributed by atoms with Gasteiger partial charge in [0, 0.05) is 16.8 Å². The molecule has 2 amide bonds. The van der Waals surface area contributed by atoms with Crippen LogP contribution in [0.25, 0.3) is 0 Å². The quantitative estimate of drug-likeness (QED) is 0.867. The summed E-state index contributed by atoms with van der Waals surface area (Å²) in [5.74, 6) is -0.0667. The molecule has 5 heteroatoms. The summed E-state index contributed by atoms with van der Waals surface area (Å²) in [6, 6.07) is 10.9. The molecule has 4 nitrogen and oxygen atoms in total. The molecule has 0 saturated heterocycles. The zero-order valence-electron chi connectivity index (χ0n) is 13.1. The first-order valence-electron chi connectivity index (χ1n) is 7.83. The van der Waals surface area contributed by atoms with Crippen molar-refractivity contribution in [3.63, 3.8) is 0 Å². The van der Waals surface area contributed by atoms with Crippen LogP contribution in [0.1, 0.15) is 42.3 Å². The van der Waals surface area contributed by atoms with E-state index in [1.54, 1.807) is 12.1 Å². The third-order valence-corrected chi connectivity index (χ3v) is 5.25. The van der Waals surface area contributed by atoms with Crippen LogP contribution in [0, 0.1) is 5.41 Å². The number of rotatable bonds is 4. The van der Waals surface area contributed by atoms with Gasteiger partial charge < -0.3 is 10.6 Å². The van der Waals surface area contributed by atoms with Crippen molar-refractivity contribution in [2.75, 3.05) is 10.6 Å². The Bertz CT molecular complexity index is 704. The molecule has 0 radical (unpaired) electrons. The van der Waals surface area contributed by atoms with Crippen LogP contribution in [0.2, 0.25) is 0 Å². The van der Waals surface area contributed by atoms with Crippen molar-refractivity contribution in [3.05, 3.63) is 46.7 Å². The van der Waals surface area contributed by atoms with Crippen LogP contribution in [0.5, 0.6) is 0 Å². The number of hydrogen-bond donors (Lipinski definition) is 2. The number of anilines is 2. The van der Waals surface area contributed by atoms with Gasteiger partial charge in [-0.2, -0.15) is 0 Å². The number of thiophene rings is 1. The summed E-state index contributed by atoms with van der Waals surface area (Å²) in [5.41, 5.74) is 1.13. The number of benzene rings is 1. The van der Waals surface area contributed by atoms with Crippen molar-refractivity contribution in [1.82, 2.24) is 0 Å². The summed E-state index contributed by atoms with van der Waals surface area (Å²) in [6.45, 7) is 2.03. The molecule has 2 aromatic rings. The average Bonchev–Trinajstić information content (AvgIpc) is 3.19. The van der Waals surface area contributed by atoms with Crippen molar-refractivity contribution in [2.45, 2.75) is 32.6 Å². The number of carbonyl (C=O) groups excluding carboxylic acids is 2. The maximum absolute atomic E-state index is 12.5.